The molecule has 1 saturated carbocycles. The topological polar surface area (TPSA) is 45.0 Å². The smallest absolute Gasteiger partial charge is 0.190 e. The van der Waals surface area contributed by atoms with Crippen molar-refractivity contribution in [2.24, 2.45) is 10.3 Å². The molecule has 0 unspecified atom stereocenters. The van der Waals surface area contributed by atoms with E-state index in [4.69, 9.17) is 10.3 Å². The van der Waals surface area contributed by atoms with Gasteiger partial charge < -0.3 is 0 Å². The highest BCUT2D eigenvalue weighted by atomic mass is 16.1. The fourth-order valence-corrected chi connectivity index (χ4v) is 6.10. The minimum atomic E-state index is -0.825. The van der Waals surface area contributed by atoms with E-state index in [9.17, 15) is 4.79 Å². The molecule has 0 saturated heterocycles. The highest BCUT2D eigenvalue weighted by molar-refractivity contribution is 6.02. The molecule has 33 heavy (non-hydrogen) atoms. The van der Waals surface area contributed by atoms with E-state index in [0.29, 0.717) is 13.0 Å². The fraction of sp³-hybridized carbons (Fsp3) is 0.345. The third-order valence-electron chi connectivity index (χ3n) is 7.58. The van der Waals surface area contributed by atoms with Crippen molar-refractivity contribution in [3.05, 3.63) is 108 Å². The summed E-state index contributed by atoms with van der Waals surface area (Å²) in [5, 5.41) is 11.6. The molecule has 168 valence electrons. The third-order valence-corrected chi connectivity index (χ3v) is 7.58. The zero-order valence-electron chi connectivity index (χ0n) is 19.4. The average molecular weight is 438 g/mol. The van der Waals surface area contributed by atoms with Crippen molar-refractivity contribution in [1.82, 2.24) is 5.01 Å². The van der Waals surface area contributed by atoms with Crippen LogP contribution in [0.2, 0.25) is 0 Å². The quantitative estimate of drug-likeness (QED) is 0.432. The Morgan fingerprint density at radius 1 is 0.818 bits per heavy atom. The molecule has 5 rings (SSSR count). The van der Waals surface area contributed by atoms with Gasteiger partial charge in [-0.05, 0) is 36.5 Å². The van der Waals surface area contributed by atoms with Crippen molar-refractivity contribution in [2.75, 3.05) is 6.54 Å². The van der Waals surface area contributed by atoms with Crippen molar-refractivity contribution >= 4 is 5.78 Å². The number of carbonyl (C=O) groups excluding carboxylic acids is 1. The second kappa shape index (κ2) is 8.58. The molecule has 1 fully saturated rings. The summed E-state index contributed by atoms with van der Waals surface area (Å²) in [6.07, 6.45) is 2.41. The molecule has 0 aromatic heterocycles. The molecule has 4 nitrogen and oxygen atoms in total. The van der Waals surface area contributed by atoms with E-state index < -0.39 is 11.1 Å². The Kier molecular flexibility index (Phi) is 5.61. The van der Waals surface area contributed by atoms with Crippen LogP contribution in [0.5, 0.6) is 0 Å². The summed E-state index contributed by atoms with van der Waals surface area (Å²) in [5.74, 6) is 0.123. The first-order valence-electron chi connectivity index (χ1n) is 12.0. The molecular formula is C29H31N3O. The molecule has 1 heterocycles. The average Bonchev–Trinajstić information content (AvgIpc) is 2.98. The van der Waals surface area contributed by atoms with E-state index in [0.717, 1.165) is 12.8 Å². The van der Waals surface area contributed by atoms with Gasteiger partial charge in [0.25, 0.3) is 0 Å². The van der Waals surface area contributed by atoms with Crippen LogP contribution in [-0.2, 0) is 11.2 Å². The van der Waals surface area contributed by atoms with Gasteiger partial charge in [-0.15, -0.1) is 0 Å². The van der Waals surface area contributed by atoms with E-state index >= 15 is 0 Å². The second-order valence-electron chi connectivity index (χ2n) is 9.48. The molecule has 2 bridgehead atoms. The lowest BCUT2D eigenvalue weighted by atomic mass is 9.72. The molecule has 0 N–H and O–H groups in total. The normalized spacial score (nSPS) is 28.3. The number of hydrogen-bond acceptors (Lipinski definition) is 4. The summed E-state index contributed by atoms with van der Waals surface area (Å²) in [4.78, 5) is 14.4. The Balaban J connectivity index is 1.64. The number of rotatable bonds is 7. The fourth-order valence-electron chi connectivity index (χ4n) is 6.10. The van der Waals surface area contributed by atoms with Crippen LogP contribution < -0.4 is 0 Å². The first-order valence-corrected chi connectivity index (χ1v) is 12.0. The maximum absolute atomic E-state index is 14.4. The summed E-state index contributed by atoms with van der Waals surface area (Å²) >= 11 is 0. The molecule has 4 atom stereocenters. The Bertz CT molecular complexity index is 1130. The Morgan fingerprint density at radius 2 is 1.36 bits per heavy atom. The monoisotopic (exact) mass is 437 g/mol. The number of fused-ring (bicyclic) bond motifs is 2. The number of carbonyl (C=O) groups is 1. The SMILES string of the molecule is CCC[C@]12N=NN(CCc3ccccc3)[C@](C)(C1=O)[C@@H](c1ccccc1)[C@@H]2c1ccccc1. The van der Waals surface area contributed by atoms with Crippen LogP contribution in [0.15, 0.2) is 101 Å². The second-order valence-corrected chi connectivity index (χ2v) is 9.48. The van der Waals surface area contributed by atoms with Gasteiger partial charge in [0.1, 0.15) is 5.54 Å². The minimum absolute atomic E-state index is 0.0362. The van der Waals surface area contributed by atoms with Gasteiger partial charge in [-0.1, -0.05) is 110 Å². The van der Waals surface area contributed by atoms with Gasteiger partial charge in [-0.25, -0.2) is 0 Å². The maximum Gasteiger partial charge on any atom is 0.190 e. The van der Waals surface area contributed by atoms with Crippen molar-refractivity contribution in [1.29, 1.82) is 0 Å². The van der Waals surface area contributed by atoms with Crippen LogP contribution in [-0.4, -0.2) is 28.4 Å². The third kappa shape index (κ3) is 3.40. The van der Waals surface area contributed by atoms with Gasteiger partial charge in [0.15, 0.2) is 11.3 Å². The predicted octanol–water partition coefficient (Wildman–Crippen LogP) is 6.36. The van der Waals surface area contributed by atoms with Gasteiger partial charge >= 0.3 is 0 Å². The first kappa shape index (κ1) is 21.6. The van der Waals surface area contributed by atoms with Crippen LogP contribution in [0.25, 0.3) is 0 Å². The van der Waals surface area contributed by atoms with Crippen LogP contribution in [0.4, 0.5) is 0 Å². The summed E-state index contributed by atoms with van der Waals surface area (Å²) in [5.41, 5.74) is 2.00. The first-order chi connectivity index (χ1) is 16.1. The molecule has 1 aliphatic carbocycles. The molecule has 0 amide bonds. The van der Waals surface area contributed by atoms with E-state index in [2.05, 4.69) is 86.6 Å². The van der Waals surface area contributed by atoms with Crippen molar-refractivity contribution < 1.29 is 4.79 Å². The van der Waals surface area contributed by atoms with E-state index in [-0.39, 0.29) is 17.6 Å². The lowest BCUT2D eigenvalue weighted by Crippen LogP contribution is -2.56. The molecule has 0 radical (unpaired) electrons. The number of nitrogens with zero attached hydrogens (tertiary/aromatic N) is 3. The number of Topliss-reactive ketones (excluding diaryl/α,β-unsaturated/α-hetero) is 1. The summed E-state index contributed by atoms with van der Waals surface area (Å²) < 4.78 is 0. The van der Waals surface area contributed by atoms with Crippen LogP contribution in [0, 0.1) is 0 Å². The van der Waals surface area contributed by atoms with Crippen molar-refractivity contribution in [3.63, 3.8) is 0 Å². The molecule has 4 heteroatoms. The van der Waals surface area contributed by atoms with E-state index in [1.54, 1.807) is 0 Å². The van der Waals surface area contributed by atoms with Crippen molar-refractivity contribution in [2.45, 2.75) is 56.0 Å². The molecule has 2 aliphatic rings. The van der Waals surface area contributed by atoms with Crippen LogP contribution in [0.1, 0.15) is 55.2 Å². The van der Waals surface area contributed by atoms with Crippen LogP contribution >= 0.6 is 0 Å². The lowest BCUT2D eigenvalue weighted by Gasteiger charge is -2.41. The number of ketones is 1. The summed E-state index contributed by atoms with van der Waals surface area (Å²) in [7, 11) is 0. The van der Waals surface area contributed by atoms with Gasteiger partial charge in [0, 0.05) is 18.4 Å². The molecular weight excluding hydrogens is 406 g/mol. The predicted molar refractivity (Wildman–Crippen MR) is 131 cm³/mol. The Hall–Kier alpha value is -3.27. The van der Waals surface area contributed by atoms with E-state index in [1.807, 2.05) is 23.2 Å². The highest BCUT2D eigenvalue weighted by Crippen LogP contribution is 2.62. The van der Waals surface area contributed by atoms with Gasteiger partial charge in [0.2, 0.25) is 0 Å². The molecule has 3 aromatic carbocycles. The van der Waals surface area contributed by atoms with Gasteiger partial charge in [-0.2, -0.15) is 5.11 Å². The van der Waals surface area contributed by atoms with Gasteiger partial charge in [0.05, 0.1) is 0 Å². The highest BCUT2D eigenvalue weighted by Gasteiger charge is 2.70. The van der Waals surface area contributed by atoms with E-state index in [1.165, 1.54) is 16.7 Å². The lowest BCUT2D eigenvalue weighted by molar-refractivity contribution is -0.135. The largest absolute Gasteiger partial charge is 0.294 e. The standard InChI is InChI=1S/C29H31N3O/c1-3-20-29-26(24-17-11-6-12-18-24)25(23-15-9-5-10-16-23)28(2,27(29)33)32(31-30-29)21-19-22-13-7-4-8-14-22/h4-18,25-26H,3,19-21H2,1-2H3/t25-,26-,28-,29+/m0/s1. The Morgan fingerprint density at radius 3 is 1.94 bits per heavy atom. The zero-order valence-corrected chi connectivity index (χ0v) is 19.4. The number of benzene rings is 3. The van der Waals surface area contributed by atoms with Crippen LogP contribution in [0.3, 0.4) is 0 Å². The summed E-state index contributed by atoms with van der Waals surface area (Å²) in [6.45, 7) is 4.89. The van der Waals surface area contributed by atoms with Gasteiger partial charge in [-0.3, -0.25) is 9.80 Å². The Labute approximate surface area is 196 Å². The minimum Gasteiger partial charge on any atom is -0.294 e. The summed E-state index contributed by atoms with van der Waals surface area (Å²) in [6, 6.07) is 31.4. The zero-order chi connectivity index (χ0) is 22.9. The molecule has 0 spiro atoms. The molecule has 1 aliphatic heterocycles. The molecule has 3 aromatic rings. The maximum atomic E-state index is 14.4. The van der Waals surface area contributed by atoms with Crippen molar-refractivity contribution in [3.8, 4) is 0 Å². The number of hydrogen-bond donors (Lipinski definition) is 0.